The van der Waals surface area contributed by atoms with Gasteiger partial charge in [-0.2, -0.15) is 0 Å². The van der Waals surface area contributed by atoms with Gasteiger partial charge in [-0.05, 0) is 42.7 Å². The molecule has 2 amide bonds. The predicted octanol–water partition coefficient (Wildman–Crippen LogP) is 2.79. The molecule has 0 spiro atoms. The lowest BCUT2D eigenvalue weighted by Gasteiger charge is -2.35. The van der Waals surface area contributed by atoms with E-state index in [1.165, 1.54) is 17.7 Å². The van der Waals surface area contributed by atoms with Crippen LogP contribution in [0.5, 0.6) is 0 Å². The Bertz CT molecular complexity index is 964. The highest BCUT2D eigenvalue weighted by molar-refractivity contribution is 7.91. The molecule has 160 valence electrons. The van der Waals surface area contributed by atoms with Crippen LogP contribution in [-0.2, 0) is 21.1 Å². The van der Waals surface area contributed by atoms with E-state index in [2.05, 4.69) is 12.1 Å². The molecular weight excluding hydrogens is 400 g/mol. The van der Waals surface area contributed by atoms with E-state index in [9.17, 15) is 18.0 Å². The van der Waals surface area contributed by atoms with Gasteiger partial charge in [0, 0.05) is 38.2 Å². The molecule has 0 bridgehead atoms. The highest BCUT2D eigenvalue weighted by atomic mass is 32.2. The molecule has 1 fully saturated rings. The SMILES string of the molecule is CCS(=O)(=O)c1ccc(C(=O)N2CCN(C(=O)CCCc3ccccc3)CC2)cc1. The summed E-state index contributed by atoms with van der Waals surface area (Å²) in [7, 11) is -3.28. The molecule has 3 rings (SSSR count). The van der Waals surface area contributed by atoms with Crippen molar-refractivity contribution in [3.8, 4) is 0 Å². The zero-order valence-corrected chi connectivity index (χ0v) is 18.1. The summed E-state index contributed by atoms with van der Waals surface area (Å²) in [4.78, 5) is 28.9. The molecule has 1 heterocycles. The van der Waals surface area contributed by atoms with Gasteiger partial charge >= 0.3 is 0 Å². The fourth-order valence-electron chi connectivity index (χ4n) is 3.56. The third-order valence-corrected chi connectivity index (χ3v) is 7.21. The van der Waals surface area contributed by atoms with Crippen LogP contribution in [0.25, 0.3) is 0 Å². The maximum absolute atomic E-state index is 12.7. The Morgan fingerprint density at radius 2 is 1.47 bits per heavy atom. The summed E-state index contributed by atoms with van der Waals surface area (Å²) in [5.74, 6) is 0.0283. The number of sulfone groups is 1. The minimum atomic E-state index is -3.28. The molecule has 6 nitrogen and oxygen atoms in total. The number of aryl methyl sites for hydroxylation is 1. The Labute approximate surface area is 178 Å². The average molecular weight is 429 g/mol. The highest BCUT2D eigenvalue weighted by Crippen LogP contribution is 2.15. The van der Waals surface area contributed by atoms with Crippen molar-refractivity contribution in [2.45, 2.75) is 31.1 Å². The van der Waals surface area contributed by atoms with Gasteiger partial charge in [-0.25, -0.2) is 8.42 Å². The van der Waals surface area contributed by atoms with E-state index in [-0.39, 0.29) is 22.5 Å². The van der Waals surface area contributed by atoms with Crippen LogP contribution >= 0.6 is 0 Å². The van der Waals surface area contributed by atoms with E-state index in [0.29, 0.717) is 38.2 Å². The minimum absolute atomic E-state index is 0.0294. The van der Waals surface area contributed by atoms with Gasteiger partial charge in [0.2, 0.25) is 5.91 Å². The van der Waals surface area contributed by atoms with E-state index < -0.39 is 9.84 Å². The first-order valence-corrected chi connectivity index (χ1v) is 12.0. The molecule has 0 unspecified atom stereocenters. The fraction of sp³-hybridized carbons (Fsp3) is 0.391. The van der Waals surface area contributed by atoms with Gasteiger partial charge in [-0.1, -0.05) is 37.3 Å². The van der Waals surface area contributed by atoms with Crippen LogP contribution in [0.4, 0.5) is 0 Å². The van der Waals surface area contributed by atoms with Crippen LogP contribution in [0, 0.1) is 0 Å². The van der Waals surface area contributed by atoms with Gasteiger partial charge in [-0.3, -0.25) is 9.59 Å². The molecule has 0 saturated carbocycles. The van der Waals surface area contributed by atoms with Crippen molar-refractivity contribution < 1.29 is 18.0 Å². The second-order valence-electron chi connectivity index (χ2n) is 7.44. The van der Waals surface area contributed by atoms with Gasteiger partial charge in [0.05, 0.1) is 10.6 Å². The maximum atomic E-state index is 12.7. The van der Waals surface area contributed by atoms with E-state index in [4.69, 9.17) is 0 Å². The van der Waals surface area contributed by atoms with Crippen LogP contribution in [0.3, 0.4) is 0 Å². The smallest absolute Gasteiger partial charge is 0.253 e. The third kappa shape index (κ3) is 5.48. The summed E-state index contributed by atoms with van der Waals surface area (Å²) >= 11 is 0. The Hall–Kier alpha value is -2.67. The van der Waals surface area contributed by atoms with Crippen molar-refractivity contribution >= 4 is 21.7 Å². The molecule has 1 aliphatic rings. The molecule has 0 N–H and O–H groups in total. The number of rotatable bonds is 7. The number of carbonyl (C=O) groups excluding carboxylic acids is 2. The number of benzene rings is 2. The summed E-state index contributed by atoms with van der Waals surface area (Å²) in [6.45, 7) is 3.61. The Morgan fingerprint density at radius 1 is 0.867 bits per heavy atom. The summed E-state index contributed by atoms with van der Waals surface area (Å²) in [6, 6.07) is 16.2. The molecule has 0 aliphatic carbocycles. The first-order valence-electron chi connectivity index (χ1n) is 10.3. The first kappa shape index (κ1) is 22.0. The lowest BCUT2D eigenvalue weighted by atomic mass is 10.1. The lowest BCUT2D eigenvalue weighted by Crippen LogP contribution is -2.50. The van der Waals surface area contributed by atoms with Crippen molar-refractivity contribution in [2.24, 2.45) is 0 Å². The van der Waals surface area contributed by atoms with E-state index in [1.807, 2.05) is 23.1 Å². The molecule has 0 atom stereocenters. The van der Waals surface area contributed by atoms with E-state index >= 15 is 0 Å². The van der Waals surface area contributed by atoms with Gasteiger partial charge in [0.15, 0.2) is 9.84 Å². The average Bonchev–Trinajstić information content (AvgIpc) is 2.79. The van der Waals surface area contributed by atoms with Crippen LogP contribution in [-0.4, -0.2) is 62.0 Å². The Morgan fingerprint density at radius 3 is 2.07 bits per heavy atom. The standard InChI is InChI=1S/C23H28N2O4S/c1-2-30(28,29)21-13-11-20(12-14-21)23(27)25-17-15-24(16-18-25)22(26)10-6-9-19-7-4-3-5-8-19/h3-5,7-8,11-14H,2,6,9-10,15-18H2,1H3. The van der Waals surface area contributed by atoms with Gasteiger partial charge in [0.1, 0.15) is 0 Å². The zero-order valence-electron chi connectivity index (χ0n) is 17.3. The van der Waals surface area contributed by atoms with Crippen molar-refractivity contribution in [3.63, 3.8) is 0 Å². The van der Waals surface area contributed by atoms with Crippen molar-refractivity contribution in [3.05, 3.63) is 65.7 Å². The van der Waals surface area contributed by atoms with Crippen LogP contribution < -0.4 is 0 Å². The molecule has 1 aliphatic heterocycles. The second kappa shape index (κ2) is 9.89. The van der Waals surface area contributed by atoms with Gasteiger partial charge in [-0.15, -0.1) is 0 Å². The fourth-order valence-corrected chi connectivity index (χ4v) is 4.44. The number of piperazine rings is 1. The van der Waals surface area contributed by atoms with Crippen LogP contribution in [0.2, 0.25) is 0 Å². The van der Waals surface area contributed by atoms with Crippen LogP contribution in [0.1, 0.15) is 35.7 Å². The van der Waals surface area contributed by atoms with E-state index in [1.54, 1.807) is 24.0 Å². The Kier molecular flexibility index (Phi) is 7.26. The quantitative estimate of drug-likeness (QED) is 0.680. The molecule has 2 aromatic carbocycles. The number of hydrogen-bond acceptors (Lipinski definition) is 4. The third-order valence-electron chi connectivity index (χ3n) is 5.46. The maximum Gasteiger partial charge on any atom is 0.253 e. The highest BCUT2D eigenvalue weighted by Gasteiger charge is 2.25. The van der Waals surface area contributed by atoms with E-state index in [0.717, 1.165) is 12.8 Å². The molecule has 0 aromatic heterocycles. The van der Waals surface area contributed by atoms with Crippen molar-refractivity contribution in [1.29, 1.82) is 0 Å². The predicted molar refractivity (Wildman–Crippen MR) is 116 cm³/mol. The molecule has 0 radical (unpaired) electrons. The molecule has 30 heavy (non-hydrogen) atoms. The molecule has 2 aromatic rings. The summed E-state index contributed by atoms with van der Waals surface area (Å²) in [5.41, 5.74) is 1.70. The first-order chi connectivity index (χ1) is 14.4. The summed E-state index contributed by atoms with van der Waals surface area (Å²) in [6.07, 6.45) is 2.21. The minimum Gasteiger partial charge on any atom is -0.339 e. The van der Waals surface area contributed by atoms with Gasteiger partial charge < -0.3 is 9.80 Å². The molecule has 7 heteroatoms. The summed E-state index contributed by atoms with van der Waals surface area (Å²) < 4.78 is 23.8. The summed E-state index contributed by atoms with van der Waals surface area (Å²) in [5, 5.41) is 0. The van der Waals surface area contributed by atoms with Crippen molar-refractivity contribution in [1.82, 2.24) is 9.80 Å². The Balaban J connectivity index is 1.47. The van der Waals surface area contributed by atoms with Crippen molar-refractivity contribution in [2.75, 3.05) is 31.9 Å². The molecular formula is C23H28N2O4S. The monoisotopic (exact) mass is 428 g/mol. The normalized spacial score (nSPS) is 14.6. The number of amides is 2. The zero-order chi connectivity index (χ0) is 21.6. The largest absolute Gasteiger partial charge is 0.339 e. The second-order valence-corrected chi connectivity index (χ2v) is 9.72. The van der Waals surface area contributed by atoms with Gasteiger partial charge in [0.25, 0.3) is 5.91 Å². The molecule has 1 saturated heterocycles. The van der Waals surface area contributed by atoms with Crippen LogP contribution in [0.15, 0.2) is 59.5 Å². The topological polar surface area (TPSA) is 74.8 Å². The lowest BCUT2D eigenvalue weighted by molar-refractivity contribution is -0.132. The number of hydrogen-bond donors (Lipinski definition) is 0. The number of carbonyl (C=O) groups is 2. The number of nitrogens with zero attached hydrogens (tertiary/aromatic N) is 2.